The van der Waals surface area contributed by atoms with Crippen molar-refractivity contribution in [3.8, 4) is 11.5 Å². The molecule has 0 aromatic heterocycles. The molecule has 3 aromatic rings. The first-order valence-corrected chi connectivity index (χ1v) is 11.5. The van der Waals surface area contributed by atoms with E-state index in [2.05, 4.69) is 5.32 Å². The summed E-state index contributed by atoms with van der Waals surface area (Å²) in [5, 5.41) is 13.3. The summed E-state index contributed by atoms with van der Waals surface area (Å²) in [7, 11) is 1.34. The number of halogens is 1. The first kappa shape index (κ1) is 26.8. The summed E-state index contributed by atoms with van der Waals surface area (Å²) < 4.78 is 10.6. The number of nitro groups is 1. The molecule has 1 heterocycles. The Morgan fingerprint density at radius 1 is 0.974 bits per heavy atom. The molecule has 11 nitrogen and oxygen atoms in total. The lowest BCUT2D eigenvalue weighted by Crippen LogP contribution is -2.54. The van der Waals surface area contributed by atoms with Crippen molar-refractivity contribution in [2.45, 2.75) is 0 Å². The first-order valence-electron chi connectivity index (χ1n) is 11.2. The van der Waals surface area contributed by atoms with Crippen LogP contribution in [0.5, 0.6) is 11.5 Å². The number of anilines is 1. The van der Waals surface area contributed by atoms with Crippen LogP contribution >= 0.6 is 11.6 Å². The molecule has 0 saturated carbocycles. The summed E-state index contributed by atoms with van der Waals surface area (Å²) >= 11 is 5.88. The van der Waals surface area contributed by atoms with Crippen molar-refractivity contribution in [2.75, 3.05) is 12.0 Å². The average molecular weight is 548 g/mol. The third-order valence-electron chi connectivity index (χ3n) is 5.41. The van der Waals surface area contributed by atoms with Crippen LogP contribution < -0.4 is 19.7 Å². The van der Waals surface area contributed by atoms with Crippen LogP contribution in [0.25, 0.3) is 12.2 Å². The molecule has 1 fully saturated rings. The molecule has 3 aromatic carbocycles. The van der Waals surface area contributed by atoms with Gasteiger partial charge in [-0.15, -0.1) is 0 Å². The normalized spacial score (nSPS) is 14.5. The van der Waals surface area contributed by atoms with Crippen molar-refractivity contribution in [1.29, 1.82) is 0 Å². The van der Waals surface area contributed by atoms with E-state index in [1.807, 2.05) is 0 Å². The molecule has 1 N–H and O–H groups in total. The molecule has 0 unspecified atom stereocenters. The minimum atomic E-state index is -0.897. The number of nitrogens with one attached hydrogen (secondary N) is 1. The number of carbonyl (C=O) groups excluding carboxylic acids is 4. The van der Waals surface area contributed by atoms with E-state index in [9.17, 15) is 29.3 Å². The second kappa shape index (κ2) is 11.4. The molecule has 4 amide bonds. The number of esters is 1. The molecule has 0 aliphatic carbocycles. The zero-order valence-corrected chi connectivity index (χ0v) is 20.9. The van der Waals surface area contributed by atoms with Crippen LogP contribution in [0.4, 0.5) is 16.2 Å². The molecule has 1 aliphatic heterocycles. The third-order valence-corrected chi connectivity index (χ3v) is 5.66. The first-order chi connectivity index (χ1) is 18.7. The van der Waals surface area contributed by atoms with Crippen molar-refractivity contribution in [2.24, 2.45) is 0 Å². The lowest BCUT2D eigenvalue weighted by atomic mass is 10.1. The van der Waals surface area contributed by atoms with E-state index >= 15 is 0 Å². The van der Waals surface area contributed by atoms with Crippen LogP contribution in [0.2, 0.25) is 5.02 Å². The number of hydrogen-bond donors (Lipinski definition) is 1. The van der Waals surface area contributed by atoms with Gasteiger partial charge >= 0.3 is 12.0 Å². The monoisotopic (exact) mass is 547 g/mol. The van der Waals surface area contributed by atoms with Gasteiger partial charge in [0.1, 0.15) is 5.57 Å². The minimum Gasteiger partial charge on any atom is -0.493 e. The van der Waals surface area contributed by atoms with Crippen molar-refractivity contribution in [1.82, 2.24) is 5.32 Å². The number of nitro benzene ring substituents is 1. The molecule has 0 radical (unpaired) electrons. The largest absolute Gasteiger partial charge is 0.493 e. The van der Waals surface area contributed by atoms with Crippen LogP contribution in [-0.4, -0.2) is 35.8 Å². The molecule has 196 valence electrons. The second-order valence-electron chi connectivity index (χ2n) is 7.95. The van der Waals surface area contributed by atoms with Gasteiger partial charge in [-0.25, -0.2) is 14.5 Å². The summed E-state index contributed by atoms with van der Waals surface area (Å²) in [6.07, 6.45) is 3.85. The number of amides is 4. The van der Waals surface area contributed by atoms with Gasteiger partial charge in [0.15, 0.2) is 11.5 Å². The van der Waals surface area contributed by atoms with E-state index in [0.717, 1.165) is 11.0 Å². The number of ether oxygens (including phenoxy) is 2. The quantitative estimate of drug-likeness (QED) is 0.113. The van der Waals surface area contributed by atoms with Crippen LogP contribution in [0.15, 0.2) is 78.4 Å². The third kappa shape index (κ3) is 6.17. The van der Waals surface area contributed by atoms with Crippen LogP contribution in [0.3, 0.4) is 0 Å². The van der Waals surface area contributed by atoms with E-state index in [-0.39, 0.29) is 28.4 Å². The van der Waals surface area contributed by atoms with Gasteiger partial charge in [-0.3, -0.25) is 25.0 Å². The smallest absolute Gasteiger partial charge is 0.336 e. The van der Waals surface area contributed by atoms with Crippen molar-refractivity contribution in [3.05, 3.63) is 105 Å². The number of benzene rings is 3. The number of hydrogen-bond acceptors (Lipinski definition) is 8. The lowest BCUT2D eigenvalue weighted by Gasteiger charge is -2.26. The van der Waals surface area contributed by atoms with E-state index < -0.39 is 28.7 Å². The summed E-state index contributed by atoms with van der Waals surface area (Å²) in [6.45, 7) is 0. The molecule has 1 aliphatic rings. The van der Waals surface area contributed by atoms with Crippen molar-refractivity contribution in [3.63, 3.8) is 0 Å². The van der Waals surface area contributed by atoms with Gasteiger partial charge in [-0.1, -0.05) is 17.7 Å². The van der Waals surface area contributed by atoms with E-state index in [0.29, 0.717) is 16.1 Å². The fourth-order valence-corrected chi connectivity index (χ4v) is 3.65. The number of methoxy groups -OCH3 is 1. The Balaban J connectivity index is 1.52. The number of barbiturate groups is 1. The van der Waals surface area contributed by atoms with E-state index in [1.165, 1.54) is 86.0 Å². The van der Waals surface area contributed by atoms with Crippen LogP contribution in [0.1, 0.15) is 11.1 Å². The maximum Gasteiger partial charge on any atom is 0.336 e. The number of nitrogens with zero attached hydrogens (tertiary/aromatic N) is 2. The number of imide groups is 2. The maximum absolute atomic E-state index is 13.0. The Bertz CT molecular complexity index is 1550. The standard InChI is InChI=1S/C27H18ClN3O8/c1-38-23-15-17(4-12-22(23)39-24(32)13-5-16-2-8-20(9-3-16)31(36)37)14-21-25(33)29-27(35)30(26(21)34)19-10-6-18(28)7-11-19/h2-15H,1H3,(H,29,33,35)/b13-5+,21-14+. The predicted octanol–water partition coefficient (Wildman–Crippen LogP) is 4.54. The number of non-ortho nitro benzene ring substituents is 1. The predicted molar refractivity (Wildman–Crippen MR) is 141 cm³/mol. The highest BCUT2D eigenvalue weighted by Crippen LogP contribution is 2.30. The van der Waals surface area contributed by atoms with Gasteiger partial charge in [-0.05, 0) is 71.8 Å². The highest BCUT2D eigenvalue weighted by Gasteiger charge is 2.36. The zero-order chi connectivity index (χ0) is 28.1. The van der Waals surface area contributed by atoms with Gasteiger partial charge in [-0.2, -0.15) is 0 Å². The van der Waals surface area contributed by atoms with Crippen LogP contribution in [0, 0.1) is 10.1 Å². The van der Waals surface area contributed by atoms with Gasteiger partial charge in [0.05, 0.1) is 17.7 Å². The molecule has 1 saturated heterocycles. The average Bonchev–Trinajstić information content (AvgIpc) is 2.91. The second-order valence-corrected chi connectivity index (χ2v) is 8.38. The Labute approximate surface area is 226 Å². The van der Waals surface area contributed by atoms with E-state index in [4.69, 9.17) is 21.1 Å². The minimum absolute atomic E-state index is 0.0652. The summed E-state index contributed by atoms with van der Waals surface area (Å²) in [6, 6.07) is 15.0. The topological polar surface area (TPSA) is 145 Å². The summed E-state index contributed by atoms with van der Waals surface area (Å²) in [5.41, 5.74) is 0.750. The molecule has 4 rings (SSSR count). The fraction of sp³-hybridized carbons (Fsp3) is 0.0370. The Kier molecular flexibility index (Phi) is 7.82. The molecule has 12 heteroatoms. The number of urea groups is 1. The zero-order valence-electron chi connectivity index (χ0n) is 20.1. The maximum atomic E-state index is 13.0. The number of rotatable bonds is 7. The summed E-state index contributed by atoms with van der Waals surface area (Å²) in [5.74, 6) is -2.25. The lowest BCUT2D eigenvalue weighted by molar-refractivity contribution is -0.384. The molecular formula is C27H18ClN3O8. The van der Waals surface area contributed by atoms with E-state index in [1.54, 1.807) is 0 Å². The highest BCUT2D eigenvalue weighted by molar-refractivity contribution is 6.39. The van der Waals surface area contributed by atoms with Crippen molar-refractivity contribution < 1.29 is 33.6 Å². The summed E-state index contributed by atoms with van der Waals surface area (Å²) in [4.78, 5) is 61.2. The molecule has 39 heavy (non-hydrogen) atoms. The highest BCUT2D eigenvalue weighted by atomic mass is 35.5. The van der Waals surface area contributed by atoms with Gasteiger partial charge in [0.25, 0.3) is 17.5 Å². The van der Waals surface area contributed by atoms with Crippen LogP contribution in [-0.2, 0) is 14.4 Å². The van der Waals surface area contributed by atoms with Gasteiger partial charge in [0.2, 0.25) is 0 Å². The SMILES string of the molecule is COc1cc(/C=C2\C(=O)NC(=O)N(c3ccc(Cl)cc3)C2=O)ccc1OC(=O)/C=C/c1ccc([N+](=O)[O-])cc1. The van der Waals surface area contributed by atoms with Crippen molar-refractivity contribution >= 4 is 58.9 Å². The number of carbonyl (C=O) groups is 4. The fourth-order valence-electron chi connectivity index (χ4n) is 3.52. The Morgan fingerprint density at radius 2 is 1.64 bits per heavy atom. The van der Waals surface area contributed by atoms with Gasteiger partial charge < -0.3 is 9.47 Å². The molecular weight excluding hydrogens is 530 g/mol. The van der Waals surface area contributed by atoms with Gasteiger partial charge in [0, 0.05) is 23.2 Å². The Hall–Kier alpha value is -5.29. The molecule has 0 bridgehead atoms. The molecule has 0 spiro atoms. The molecule has 0 atom stereocenters. The Morgan fingerprint density at radius 3 is 2.28 bits per heavy atom.